The van der Waals surface area contributed by atoms with E-state index in [0.717, 1.165) is 18.6 Å². The molecular formula is C29H42N2O3S. The average molecular weight is 499 g/mol. The minimum Gasteiger partial charge on any atom is -0.491 e. The molecule has 0 saturated carbocycles. The number of carbonyl (C=O) groups is 2. The summed E-state index contributed by atoms with van der Waals surface area (Å²) < 4.78 is 6.20. The largest absolute Gasteiger partial charge is 0.491 e. The van der Waals surface area contributed by atoms with Gasteiger partial charge in [0.2, 0.25) is 11.8 Å². The molecule has 0 bridgehead atoms. The Labute approximate surface area is 215 Å². The Bertz CT molecular complexity index is 965. The van der Waals surface area contributed by atoms with Crippen molar-refractivity contribution in [2.45, 2.75) is 72.8 Å². The summed E-state index contributed by atoms with van der Waals surface area (Å²) in [6, 6.07) is 10.2. The van der Waals surface area contributed by atoms with Crippen LogP contribution < -0.4 is 4.74 Å². The Morgan fingerprint density at radius 3 is 2.40 bits per heavy atom. The van der Waals surface area contributed by atoms with E-state index in [1.807, 2.05) is 30.9 Å². The molecule has 0 fully saturated rings. The third-order valence-corrected chi connectivity index (χ3v) is 7.60. The summed E-state index contributed by atoms with van der Waals surface area (Å²) in [6.45, 7) is 14.6. The molecule has 2 aromatic rings. The minimum absolute atomic E-state index is 0.00599. The van der Waals surface area contributed by atoms with Gasteiger partial charge in [0.25, 0.3) is 0 Å². The molecule has 2 heterocycles. The average Bonchev–Trinajstić information content (AvgIpc) is 3.28. The van der Waals surface area contributed by atoms with Crippen LogP contribution in [0.3, 0.4) is 0 Å². The molecule has 1 aliphatic heterocycles. The van der Waals surface area contributed by atoms with Crippen LogP contribution in [0, 0.1) is 11.8 Å². The third-order valence-electron chi connectivity index (χ3n) is 6.61. The Kier molecular flexibility index (Phi) is 9.79. The van der Waals surface area contributed by atoms with Crippen molar-refractivity contribution in [3.05, 3.63) is 51.7 Å². The number of nitrogens with zero attached hydrogens (tertiary/aromatic N) is 2. The van der Waals surface area contributed by atoms with Crippen molar-refractivity contribution in [1.82, 2.24) is 9.80 Å². The van der Waals surface area contributed by atoms with Crippen LogP contribution in [0.15, 0.2) is 35.7 Å². The highest BCUT2D eigenvalue weighted by atomic mass is 32.1. The van der Waals surface area contributed by atoms with Gasteiger partial charge in [-0.05, 0) is 65.3 Å². The van der Waals surface area contributed by atoms with Gasteiger partial charge in [-0.3, -0.25) is 9.59 Å². The van der Waals surface area contributed by atoms with Gasteiger partial charge in [-0.15, -0.1) is 11.3 Å². The van der Waals surface area contributed by atoms with Gasteiger partial charge in [-0.25, -0.2) is 0 Å². The Balaban J connectivity index is 1.74. The number of amides is 2. The second-order valence-electron chi connectivity index (χ2n) is 10.8. The van der Waals surface area contributed by atoms with E-state index in [1.165, 1.54) is 16.0 Å². The highest BCUT2D eigenvalue weighted by molar-refractivity contribution is 7.10. The van der Waals surface area contributed by atoms with E-state index in [0.29, 0.717) is 38.0 Å². The van der Waals surface area contributed by atoms with Crippen molar-refractivity contribution >= 4 is 23.2 Å². The molecule has 0 N–H and O–H groups in total. The van der Waals surface area contributed by atoms with Crippen molar-refractivity contribution < 1.29 is 14.3 Å². The molecule has 1 unspecified atom stereocenters. The number of ether oxygens (including phenoxy) is 1. The van der Waals surface area contributed by atoms with Gasteiger partial charge in [-0.1, -0.05) is 53.7 Å². The monoisotopic (exact) mass is 498 g/mol. The molecule has 6 heteroatoms. The Hall–Kier alpha value is -2.34. The van der Waals surface area contributed by atoms with E-state index in [9.17, 15) is 9.59 Å². The second-order valence-corrected chi connectivity index (χ2v) is 11.8. The predicted octanol–water partition coefficient (Wildman–Crippen LogP) is 6.30. The van der Waals surface area contributed by atoms with Crippen LogP contribution in [0.2, 0.25) is 0 Å². The van der Waals surface area contributed by atoms with Crippen LogP contribution >= 0.6 is 11.3 Å². The lowest BCUT2D eigenvalue weighted by Gasteiger charge is -2.37. The van der Waals surface area contributed by atoms with Gasteiger partial charge in [-0.2, -0.15) is 0 Å². The fourth-order valence-corrected chi connectivity index (χ4v) is 5.37. The van der Waals surface area contributed by atoms with E-state index >= 15 is 0 Å². The highest BCUT2D eigenvalue weighted by Crippen LogP contribution is 2.34. The summed E-state index contributed by atoms with van der Waals surface area (Å²) in [5.41, 5.74) is 2.45. The lowest BCUT2D eigenvalue weighted by atomic mass is 10.00. The molecule has 1 aromatic heterocycles. The molecule has 0 aliphatic carbocycles. The van der Waals surface area contributed by atoms with Crippen molar-refractivity contribution in [1.29, 1.82) is 0 Å². The van der Waals surface area contributed by atoms with Crippen molar-refractivity contribution in [2.75, 3.05) is 26.2 Å². The van der Waals surface area contributed by atoms with E-state index < -0.39 is 0 Å². The molecule has 2 amide bonds. The maximum Gasteiger partial charge on any atom is 0.242 e. The smallest absolute Gasteiger partial charge is 0.242 e. The van der Waals surface area contributed by atoms with Crippen LogP contribution in [0.25, 0.3) is 0 Å². The molecule has 0 radical (unpaired) electrons. The number of thiophene rings is 1. The van der Waals surface area contributed by atoms with E-state index in [1.54, 1.807) is 16.2 Å². The van der Waals surface area contributed by atoms with Crippen LogP contribution in [0.5, 0.6) is 5.75 Å². The molecule has 35 heavy (non-hydrogen) atoms. The molecule has 192 valence electrons. The van der Waals surface area contributed by atoms with Crippen LogP contribution in [0.1, 0.15) is 82.3 Å². The lowest BCUT2D eigenvalue weighted by molar-refractivity contribution is -0.143. The molecule has 1 aromatic carbocycles. The van der Waals surface area contributed by atoms with Crippen LogP contribution in [-0.2, 0) is 16.0 Å². The number of carbonyl (C=O) groups excluding carboxylic acids is 2. The van der Waals surface area contributed by atoms with Gasteiger partial charge < -0.3 is 14.5 Å². The van der Waals surface area contributed by atoms with E-state index in [-0.39, 0.29) is 30.3 Å². The fraction of sp³-hybridized carbons (Fsp3) is 0.586. The van der Waals surface area contributed by atoms with Gasteiger partial charge in [0.05, 0.1) is 12.6 Å². The predicted molar refractivity (Wildman–Crippen MR) is 144 cm³/mol. The zero-order chi connectivity index (χ0) is 25.5. The number of rotatable bonds is 11. The van der Waals surface area contributed by atoms with E-state index in [2.05, 4.69) is 51.3 Å². The molecule has 3 rings (SSSR count). The zero-order valence-electron chi connectivity index (χ0n) is 22.3. The topological polar surface area (TPSA) is 49.9 Å². The van der Waals surface area contributed by atoms with Gasteiger partial charge in [0.1, 0.15) is 12.4 Å². The zero-order valence-corrected chi connectivity index (χ0v) is 23.1. The molecular weight excluding hydrogens is 456 g/mol. The first-order valence-corrected chi connectivity index (χ1v) is 13.9. The van der Waals surface area contributed by atoms with Crippen molar-refractivity contribution in [3.63, 3.8) is 0 Å². The summed E-state index contributed by atoms with van der Waals surface area (Å²) in [7, 11) is 0. The summed E-state index contributed by atoms with van der Waals surface area (Å²) in [6.07, 6.45) is 2.22. The first-order valence-electron chi connectivity index (χ1n) is 13.0. The second kappa shape index (κ2) is 12.6. The molecule has 0 spiro atoms. The number of hydrogen-bond acceptors (Lipinski definition) is 4. The summed E-state index contributed by atoms with van der Waals surface area (Å²) >= 11 is 1.75. The van der Waals surface area contributed by atoms with Crippen molar-refractivity contribution in [3.8, 4) is 5.75 Å². The van der Waals surface area contributed by atoms with Gasteiger partial charge in [0, 0.05) is 24.4 Å². The Morgan fingerprint density at radius 2 is 1.77 bits per heavy atom. The van der Waals surface area contributed by atoms with Gasteiger partial charge >= 0.3 is 0 Å². The normalized spacial score (nSPS) is 15.6. The van der Waals surface area contributed by atoms with Crippen molar-refractivity contribution in [2.24, 2.45) is 11.8 Å². The van der Waals surface area contributed by atoms with Crippen LogP contribution in [-0.4, -0.2) is 47.9 Å². The maximum absolute atomic E-state index is 13.6. The fourth-order valence-electron chi connectivity index (χ4n) is 4.44. The first kappa shape index (κ1) is 27.3. The maximum atomic E-state index is 13.6. The van der Waals surface area contributed by atoms with E-state index in [4.69, 9.17) is 4.74 Å². The lowest BCUT2D eigenvalue weighted by Crippen LogP contribution is -2.48. The number of fused-ring (bicyclic) bond motifs is 1. The number of hydrogen-bond donors (Lipinski definition) is 0. The quantitative estimate of drug-likeness (QED) is 0.365. The first-order chi connectivity index (χ1) is 16.7. The standard InChI is InChI=1S/C29H42N2O3S/c1-20(2)11-14-30(28(32)17-21(3)4)18-29(33)31-15-12-27-25(13-16-35-27)26(31)19-34-24-9-7-23(8-10-24)22(5)6/h7-10,13,16,20-22,26H,11-12,14-15,17-19H2,1-6H3. The van der Waals surface area contributed by atoms with Gasteiger partial charge in [0.15, 0.2) is 0 Å². The summed E-state index contributed by atoms with van der Waals surface area (Å²) in [5.74, 6) is 2.11. The Morgan fingerprint density at radius 1 is 1.06 bits per heavy atom. The third kappa shape index (κ3) is 7.57. The molecule has 1 aliphatic rings. The molecule has 5 nitrogen and oxygen atoms in total. The molecule has 1 atom stereocenters. The summed E-state index contributed by atoms with van der Waals surface area (Å²) in [4.78, 5) is 31.6. The highest BCUT2D eigenvalue weighted by Gasteiger charge is 2.33. The van der Waals surface area contributed by atoms with Crippen LogP contribution in [0.4, 0.5) is 0 Å². The number of benzene rings is 1. The molecule has 0 saturated heterocycles. The summed E-state index contributed by atoms with van der Waals surface area (Å²) in [5, 5.41) is 2.10. The SMILES string of the molecule is CC(C)CCN(CC(=O)N1CCc2sccc2C1COc1ccc(C(C)C)cc1)C(=O)CC(C)C. The minimum atomic E-state index is -0.144.